The van der Waals surface area contributed by atoms with Gasteiger partial charge >= 0.3 is 0 Å². The predicted molar refractivity (Wildman–Crippen MR) is 133 cm³/mol. The minimum absolute atomic E-state index is 0.118. The summed E-state index contributed by atoms with van der Waals surface area (Å²) < 4.78 is 18.3. The summed E-state index contributed by atoms with van der Waals surface area (Å²) in [6.07, 6.45) is 2.59. The Bertz CT molecular complexity index is 1190. The van der Waals surface area contributed by atoms with Crippen LogP contribution in [0.3, 0.4) is 0 Å². The summed E-state index contributed by atoms with van der Waals surface area (Å²) in [6, 6.07) is 21.1. The molecule has 0 unspecified atom stereocenters. The molecule has 0 bridgehead atoms. The average Bonchev–Trinajstić information content (AvgIpc) is 2.86. The zero-order valence-electron chi connectivity index (χ0n) is 18.8. The summed E-state index contributed by atoms with van der Waals surface area (Å²) in [5, 5.41) is 2.86. The average molecular weight is 477 g/mol. The van der Waals surface area contributed by atoms with Crippen molar-refractivity contribution in [2.45, 2.75) is 17.9 Å². The number of ether oxygens (including phenoxy) is 1. The molecular formula is C27H25FN2O3S. The van der Waals surface area contributed by atoms with Gasteiger partial charge in [0.2, 0.25) is 0 Å². The number of carbonyl (C=O) groups is 2. The maximum Gasteiger partial charge on any atom is 0.265 e. The van der Waals surface area contributed by atoms with Gasteiger partial charge in [-0.2, -0.15) is 0 Å². The first-order valence-electron chi connectivity index (χ1n) is 11.0. The van der Waals surface area contributed by atoms with E-state index in [-0.39, 0.29) is 17.6 Å². The van der Waals surface area contributed by atoms with Crippen molar-refractivity contribution in [2.75, 3.05) is 25.2 Å². The van der Waals surface area contributed by atoms with Crippen LogP contribution in [0.15, 0.2) is 82.6 Å². The molecule has 1 N–H and O–H groups in total. The molecule has 34 heavy (non-hydrogen) atoms. The molecule has 2 amide bonds. The van der Waals surface area contributed by atoms with Crippen LogP contribution in [0.5, 0.6) is 0 Å². The van der Waals surface area contributed by atoms with Crippen molar-refractivity contribution in [1.82, 2.24) is 5.32 Å². The summed E-state index contributed by atoms with van der Waals surface area (Å²) in [6.45, 7) is 1.49. The molecule has 0 saturated heterocycles. The van der Waals surface area contributed by atoms with E-state index < -0.39 is 0 Å². The molecule has 0 spiro atoms. The van der Waals surface area contributed by atoms with Crippen molar-refractivity contribution in [3.8, 4) is 0 Å². The molecule has 4 rings (SSSR count). The summed E-state index contributed by atoms with van der Waals surface area (Å²) in [5.74, 6) is -0.567. The van der Waals surface area contributed by atoms with Crippen molar-refractivity contribution < 1.29 is 18.7 Å². The number of thioether (sulfide) groups is 1. The van der Waals surface area contributed by atoms with Crippen molar-refractivity contribution in [3.05, 3.63) is 100 Å². The van der Waals surface area contributed by atoms with E-state index in [1.54, 1.807) is 36.3 Å². The summed E-state index contributed by atoms with van der Waals surface area (Å²) in [7, 11) is 1.63. The number of nitrogens with one attached hydrogen (secondary N) is 1. The predicted octanol–water partition coefficient (Wildman–Crippen LogP) is 5.27. The lowest BCUT2D eigenvalue weighted by Gasteiger charge is -2.30. The molecule has 1 heterocycles. The van der Waals surface area contributed by atoms with Crippen LogP contribution < -0.4 is 10.2 Å². The van der Waals surface area contributed by atoms with Crippen LogP contribution in [0.4, 0.5) is 10.1 Å². The minimum Gasteiger partial charge on any atom is -0.385 e. The number of para-hydroxylation sites is 1. The highest BCUT2D eigenvalue weighted by molar-refractivity contribution is 8.04. The van der Waals surface area contributed by atoms with E-state index in [1.165, 1.54) is 23.9 Å². The quantitative estimate of drug-likeness (QED) is 0.355. The number of hydrogen-bond donors (Lipinski definition) is 1. The molecule has 0 atom stereocenters. The second kappa shape index (κ2) is 11.1. The second-order valence-corrected chi connectivity index (χ2v) is 8.90. The number of anilines is 1. The Morgan fingerprint density at radius 2 is 1.79 bits per heavy atom. The van der Waals surface area contributed by atoms with Gasteiger partial charge in [-0.3, -0.25) is 9.59 Å². The van der Waals surface area contributed by atoms with Crippen LogP contribution in [0.2, 0.25) is 0 Å². The Morgan fingerprint density at radius 1 is 1.06 bits per heavy atom. The highest BCUT2D eigenvalue weighted by Gasteiger charge is 2.29. The summed E-state index contributed by atoms with van der Waals surface area (Å²) in [5.41, 5.74) is 3.06. The van der Waals surface area contributed by atoms with Gasteiger partial charge < -0.3 is 15.0 Å². The van der Waals surface area contributed by atoms with Crippen molar-refractivity contribution >= 4 is 35.3 Å². The molecule has 7 heteroatoms. The fraction of sp³-hybridized carbons (Fsp3) is 0.185. The number of fused-ring (bicyclic) bond motifs is 1. The topological polar surface area (TPSA) is 58.6 Å². The Balaban J connectivity index is 1.53. The third-order valence-corrected chi connectivity index (χ3v) is 6.44. The van der Waals surface area contributed by atoms with Gasteiger partial charge in [0.1, 0.15) is 5.82 Å². The monoisotopic (exact) mass is 476 g/mol. The first-order chi connectivity index (χ1) is 16.5. The van der Waals surface area contributed by atoms with Crippen molar-refractivity contribution in [2.24, 2.45) is 0 Å². The van der Waals surface area contributed by atoms with Gasteiger partial charge in [-0.25, -0.2) is 4.39 Å². The van der Waals surface area contributed by atoms with Gasteiger partial charge in [0.05, 0.1) is 17.1 Å². The number of methoxy groups -OCH3 is 1. The van der Waals surface area contributed by atoms with Crippen LogP contribution in [0.1, 0.15) is 27.9 Å². The van der Waals surface area contributed by atoms with Gasteiger partial charge in [0.25, 0.3) is 11.8 Å². The van der Waals surface area contributed by atoms with Gasteiger partial charge in [0, 0.05) is 30.7 Å². The molecule has 3 aromatic carbocycles. The lowest BCUT2D eigenvalue weighted by atomic mass is 10.1. The van der Waals surface area contributed by atoms with Gasteiger partial charge in [0.15, 0.2) is 0 Å². The Morgan fingerprint density at radius 3 is 2.53 bits per heavy atom. The molecule has 174 valence electrons. The summed E-state index contributed by atoms with van der Waals surface area (Å²) >= 11 is 1.42. The van der Waals surface area contributed by atoms with Gasteiger partial charge in [-0.05, 0) is 60.0 Å². The van der Waals surface area contributed by atoms with Crippen molar-refractivity contribution in [3.63, 3.8) is 0 Å². The molecule has 5 nitrogen and oxygen atoms in total. The molecule has 0 saturated carbocycles. The first-order valence-corrected chi connectivity index (χ1v) is 11.8. The molecule has 3 aromatic rings. The lowest BCUT2D eigenvalue weighted by molar-refractivity contribution is -0.114. The van der Waals surface area contributed by atoms with Crippen LogP contribution in [0, 0.1) is 5.82 Å². The van der Waals surface area contributed by atoms with E-state index in [9.17, 15) is 14.0 Å². The maximum absolute atomic E-state index is 13.4. The third-order valence-electron chi connectivity index (χ3n) is 5.37. The minimum atomic E-state index is -0.308. The van der Waals surface area contributed by atoms with Crippen LogP contribution >= 0.6 is 11.8 Å². The molecule has 0 radical (unpaired) electrons. The molecule has 1 aliphatic heterocycles. The number of hydrogen-bond acceptors (Lipinski definition) is 4. The Kier molecular flexibility index (Phi) is 7.77. The fourth-order valence-electron chi connectivity index (χ4n) is 3.59. The molecule has 0 aliphatic carbocycles. The van der Waals surface area contributed by atoms with E-state index in [2.05, 4.69) is 5.32 Å². The molecule has 1 aliphatic rings. The van der Waals surface area contributed by atoms with Gasteiger partial charge in [-0.1, -0.05) is 48.2 Å². The highest BCUT2D eigenvalue weighted by atomic mass is 32.2. The SMILES string of the molecule is COCCCNC(=O)c1ccc(C=C2Sc3ccccc3N(Cc3ccc(F)cc3)C2=O)cc1. The number of rotatable bonds is 8. The van der Waals surface area contributed by atoms with E-state index in [0.29, 0.717) is 30.2 Å². The summed E-state index contributed by atoms with van der Waals surface area (Å²) in [4.78, 5) is 29.0. The van der Waals surface area contributed by atoms with Crippen molar-refractivity contribution in [1.29, 1.82) is 0 Å². The number of amides is 2. The molecular weight excluding hydrogens is 451 g/mol. The number of benzene rings is 3. The maximum atomic E-state index is 13.4. The van der Waals surface area contributed by atoms with Gasteiger partial charge in [-0.15, -0.1) is 0 Å². The smallest absolute Gasteiger partial charge is 0.265 e. The third kappa shape index (κ3) is 5.73. The number of carbonyl (C=O) groups excluding carboxylic acids is 2. The van der Waals surface area contributed by atoms with E-state index in [1.807, 2.05) is 42.5 Å². The van der Waals surface area contributed by atoms with Crippen LogP contribution in [-0.4, -0.2) is 32.1 Å². The standard InChI is InChI=1S/C27H25FN2O3S/c1-33-16-4-15-29-26(31)21-11-7-19(8-12-21)17-25-27(32)30(18-20-9-13-22(28)14-10-20)23-5-2-3-6-24(23)34-25/h2-3,5-14,17H,4,15-16,18H2,1H3,(H,29,31). The zero-order valence-corrected chi connectivity index (χ0v) is 19.6. The van der Waals surface area contributed by atoms with E-state index in [0.717, 1.165) is 28.1 Å². The number of nitrogens with zero attached hydrogens (tertiary/aromatic N) is 1. The lowest BCUT2D eigenvalue weighted by Crippen LogP contribution is -2.33. The molecule has 0 aromatic heterocycles. The second-order valence-electron chi connectivity index (χ2n) is 7.82. The van der Waals surface area contributed by atoms with Crippen LogP contribution in [0.25, 0.3) is 6.08 Å². The highest BCUT2D eigenvalue weighted by Crippen LogP contribution is 2.42. The number of halogens is 1. The first kappa shape index (κ1) is 23.7. The molecule has 0 fully saturated rings. The van der Waals surface area contributed by atoms with Crippen LogP contribution in [-0.2, 0) is 16.1 Å². The van der Waals surface area contributed by atoms with E-state index >= 15 is 0 Å². The Hall–Kier alpha value is -3.42. The normalized spacial score (nSPS) is 14.2. The van der Waals surface area contributed by atoms with E-state index in [4.69, 9.17) is 4.74 Å². The fourth-order valence-corrected chi connectivity index (χ4v) is 4.65. The Labute approximate surface area is 202 Å². The largest absolute Gasteiger partial charge is 0.385 e. The zero-order chi connectivity index (χ0) is 23.9.